The highest BCUT2D eigenvalue weighted by Crippen LogP contribution is 2.27. The van der Waals surface area contributed by atoms with Gasteiger partial charge in [0.25, 0.3) is 0 Å². The zero-order valence-corrected chi connectivity index (χ0v) is 11.2. The molecule has 0 saturated heterocycles. The van der Waals surface area contributed by atoms with E-state index in [2.05, 4.69) is 11.1 Å². The SMILES string of the molecule is Cc1ccc(F)c(-c2nc3ccc(C#N)cc3n2C)c1. The molecule has 98 valence electrons. The molecule has 0 aliphatic heterocycles. The molecule has 0 saturated carbocycles. The van der Waals surface area contributed by atoms with E-state index in [4.69, 9.17) is 5.26 Å². The van der Waals surface area contributed by atoms with Crippen LogP contribution in [0.2, 0.25) is 0 Å². The zero-order valence-electron chi connectivity index (χ0n) is 11.2. The first-order chi connectivity index (χ1) is 9.60. The van der Waals surface area contributed by atoms with Crippen molar-refractivity contribution in [1.29, 1.82) is 5.26 Å². The lowest BCUT2D eigenvalue weighted by Gasteiger charge is -2.05. The Kier molecular flexibility index (Phi) is 2.76. The highest BCUT2D eigenvalue weighted by atomic mass is 19.1. The Morgan fingerprint density at radius 1 is 1.20 bits per heavy atom. The van der Waals surface area contributed by atoms with Crippen molar-refractivity contribution in [2.45, 2.75) is 6.92 Å². The van der Waals surface area contributed by atoms with Crippen LogP contribution in [0.4, 0.5) is 4.39 Å². The van der Waals surface area contributed by atoms with Gasteiger partial charge in [-0.25, -0.2) is 9.37 Å². The van der Waals surface area contributed by atoms with Crippen LogP contribution < -0.4 is 0 Å². The molecule has 1 heterocycles. The second-order valence-corrected chi connectivity index (χ2v) is 4.79. The number of rotatable bonds is 1. The molecule has 0 aliphatic carbocycles. The molecule has 0 fully saturated rings. The van der Waals surface area contributed by atoms with Gasteiger partial charge in [-0.1, -0.05) is 11.6 Å². The van der Waals surface area contributed by atoms with E-state index in [0.717, 1.165) is 16.6 Å². The first-order valence-electron chi connectivity index (χ1n) is 6.23. The van der Waals surface area contributed by atoms with Gasteiger partial charge in [0.15, 0.2) is 0 Å². The van der Waals surface area contributed by atoms with Crippen molar-refractivity contribution in [2.24, 2.45) is 7.05 Å². The molecule has 4 heteroatoms. The minimum Gasteiger partial charge on any atom is -0.327 e. The van der Waals surface area contributed by atoms with E-state index in [0.29, 0.717) is 17.0 Å². The van der Waals surface area contributed by atoms with E-state index in [-0.39, 0.29) is 5.82 Å². The molecule has 3 aromatic rings. The summed E-state index contributed by atoms with van der Waals surface area (Å²) in [6.45, 7) is 1.92. The minimum atomic E-state index is -0.297. The van der Waals surface area contributed by atoms with Crippen LogP contribution in [-0.4, -0.2) is 9.55 Å². The number of nitrogens with zero attached hydrogens (tertiary/aromatic N) is 3. The average Bonchev–Trinajstić information content (AvgIpc) is 2.78. The second kappa shape index (κ2) is 4.46. The summed E-state index contributed by atoms with van der Waals surface area (Å²) < 4.78 is 15.8. The van der Waals surface area contributed by atoms with Gasteiger partial charge in [-0.3, -0.25) is 0 Å². The van der Waals surface area contributed by atoms with Gasteiger partial charge in [-0.05, 0) is 37.3 Å². The van der Waals surface area contributed by atoms with Crippen LogP contribution in [-0.2, 0) is 7.05 Å². The van der Waals surface area contributed by atoms with E-state index >= 15 is 0 Å². The summed E-state index contributed by atoms with van der Waals surface area (Å²) in [5.41, 5.74) is 3.59. The molecule has 3 rings (SSSR count). The Balaban J connectivity index is 2.30. The summed E-state index contributed by atoms with van der Waals surface area (Å²) >= 11 is 0. The highest BCUT2D eigenvalue weighted by molar-refractivity contribution is 5.82. The lowest BCUT2D eigenvalue weighted by Crippen LogP contribution is -1.95. The van der Waals surface area contributed by atoms with E-state index < -0.39 is 0 Å². The third kappa shape index (κ3) is 1.84. The molecule has 0 spiro atoms. The lowest BCUT2D eigenvalue weighted by molar-refractivity contribution is 0.628. The number of benzene rings is 2. The molecule has 1 aromatic heterocycles. The largest absolute Gasteiger partial charge is 0.327 e. The maximum atomic E-state index is 14.0. The monoisotopic (exact) mass is 265 g/mol. The number of nitriles is 1. The fraction of sp³-hybridized carbons (Fsp3) is 0.125. The Bertz CT molecular complexity index is 856. The number of hydrogen-bond acceptors (Lipinski definition) is 2. The quantitative estimate of drug-likeness (QED) is 0.675. The molecule has 0 unspecified atom stereocenters. The summed E-state index contributed by atoms with van der Waals surface area (Å²) in [7, 11) is 1.83. The van der Waals surface area contributed by atoms with Crippen LogP contribution in [0.25, 0.3) is 22.4 Å². The Labute approximate surface area is 115 Å². The Morgan fingerprint density at radius 2 is 2.00 bits per heavy atom. The number of fused-ring (bicyclic) bond motifs is 1. The normalized spacial score (nSPS) is 10.7. The van der Waals surface area contributed by atoms with Gasteiger partial charge in [0.05, 0.1) is 28.2 Å². The Hall–Kier alpha value is -2.67. The van der Waals surface area contributed by atoms with Crippen molar-refractivity contribution in [3.63, 3.8) is 0 Å². The zero-order chi connectivity index (χ0) is 14.3. The van der Waals surface area contributed by atoms with Crippen LogP contribution in [0, 0.1) is 24.1 Å². The van der Waals surface area contributed by atoms with Crippen molar-refractivity contribution in [2.75, 3.05) is 0 Å². The summed E-state index contributed by atoms with van der Waals surface area (Å²) in [5, 5.41) is 8.95. The van der Waals surface area contributed by atoms with Crippen LogP contribution in [0.5, 0.6) is 0 Å². The third-order valence-corrected chi connectivity index (χ3v) is 3.37. The van der Waals surface area contributed by atoms with Gasteiger partial charge in [0, 0.05) is 7.05 Å². The average molecular weight is 265 g/mol. The maximum Gasteiger partial charge on any atom is 0.143 e. The van der Waals surface area contributed by atoms with E-state index in [1.54, 1.807) is 30.3 Å². The van der Waals surface area contributed by atoms with Gasteiger partial charge in [-0.2, -0.15) is 5.26 Å². The molecule has 0 atom stereocenters. The second-order valence-electron chi connectivity index (χ2n) is 4.79. The molecule has 0 radical (unpaired) electrons. The number of imidazole rings is 1. The standard InChI is InChI=1S/C16H12FN3/c1-10-3-5-13(17)12(7-10)16-19-14-6-4-11(9-18)8-15(14)20(16)2/h3-8H,1-2H3. The topological polar surface area (TPSA) is 41.6 Å². The third-order valence-electron chi connectivity index (χ3n) is 3.37. The predicted molar refractivity (Wildman–Crippen MR) is 75.6 cm³/mol. The van der Waals surface area contributed by atoms with Gasteiger partial charge in [0.1, 0.15) is 11.6 Å². The number of hydrogen-bond donors (Lipinski definition) is 0. The minimum absolute atomic E-state index is 0.297. The highest BCUT2D eigenvalue weighted by Gasteiger charge is 2.14. The van der Waals surface area contributed by atoms with Crippen LogP contribution >= 0.6 is 0 Å². The number of aryl methyl sites for hydroxylation is 2. The first-order valence-corrected chi connectivity index (χ1v) is 6.23. The molecule has 3 nitrogen and oxygen atoms in total. The van der Waals surface area contributed by atoms with Gasteiger partial charge in [-0.15, -0.1) is 0 Å². The Morgan fingerprint density at radius 3 is 2.75 bits per heavy atom. The van der Waals surface area contributed by atoms with Gasteiger partial charge >= 0.3 is 0 Å². The molecule has 0 amide bonds. The van der Waals surface area contributed by atoms with Crippen LogP contribution in [0.1, 0.15) is 11.1 Å². The fourth-order valence-electron chi connectivity index (χ4n) is 2.31. The summed E-state index contributed by atoms with van der Waals surface area (Å²) in [6, 6.07) is 12.3. The smallest absolute Gasteiger partial charge is 0.143 e. The van der Waals surface area contributed by atoms with Crippen molar-refractivity contribution in [3.8, 4) is 17.5 Å². The van der Waals surface area contributed by atoms with Crippen molar-refractivity contribution in [1.82, 2.24) is 9.55 Å². The fourth-order valence-corrected chi connectivity index (χ4v) is 2.31. The summed E-state index contributed by atoms with van der Waals surface area (Å²) in [6.07, 6.45) is 0. The van der Waals surface area contributed by atoms with Crippen molar-refractivity contribution >= 4 is 11.0 Å². The number of aromatic nitrogens is 2. The first kappa shape index (κ1) is 12.4. The lowest BCUT2D eigenvalue weighted by atomic mass is 10.1. The molecule has 0 bridgehead atoms. The summed E-state index contributed by atoms with van der Waals surface area (Å²) in [4.78, 5) is 4.47. The molecular weight excluding hydrogens is 253 g/mol. The maximum absolute atomic E-state index is 14.0. The van der Waals surface area contributed by atoms with Crippen molar-refractivity contribution in [3.05, 3.63) is 53.3 Å². The van der Waals surface area contributed by atoms with Gasteiger partial charge < -0.3 is 4.57 Å². The van der Waals surface area contributed by atoms with Gasteiger partial charge in [0.2, 0.25) is 0 Å². The molecule has 20 heavy (non-hydrogen) atoms. The van der Waals surface area contributed by atoms with Crippen LogP contribution in [0.15, 0.2) is 36.4 Å². The van der Waals surface area contributed by atoms with E-state index in [1.807, 2.05) is 18.5 Å². The van der Waals surface area contributed by atoms with E-state index in [9.17, 15) is 4.39 Å². The van der Waals surface area contributed by atoms with E-state index in [1.165, 1.54) is 6.07 Å². The molecule has 0 N–H and O–H groups in total. The predicted octanol–water partition coefficient (Wildman–Crippen LogP) is 3.56. The van der Waals surface area contributed by atoms with Crippen molar-refractivity contribution < 1.29 is 4.39 Å². The molecule has 0 aliphatic rings. The molecular formula is C16H12FN3. The van der Waals surface area contributed by atoms with Crippen LogP contribution in [0.3, 0.4) is 0 Å². The summed E-state index contributed by atoms with van der Waals surface area (Å²) in [5.74, 6) is 0.269. The number of halogens is 1. The molecule has 2 aromatic carbocycles.